The molecule has 0 radical (unpaired) electrons. The zero-order chi connectivity index (χ0) is 30.1. The molecule has 0 aliphatic carbocycles. The summed E-state index contributed by atoms with van der Waals surface area (Å²) in [6, 6.07) is 21.8. The number of ketones is 1. The van der Waals surface area contributed by atoms with E-state index in [1.165, 1.54) is 30.4 Å². The molecule has 0 unspecified atom stereocenters. The number of nitrogens with two attached hydrogens (primary N) is 1. The minimum atomic E-state index is -0.732. The fourth-order valence-electron chi connectivity index (χ4n) is 3.95. The number of nitro groups is 1. The first-order chi connectivity index (χ1) is 20.2. The molecule has 0 fully saturated rings. The van der Waals surface area contributed by atoms with Gasteiger partial charge in [0.05, 0.1) is 16.7 Å². The van der Waals surface area contributed by atoms with Gasteiger partial charge in [0, 0.05) is 40.6 Å². The molecule has 4 rings (SSSR count). The Hall–Kier alpha value is -5.00. The number of hydrogen-bond acceptors (Lipinski definition) is 8. The summed E-state index contributed by atoms with van der Waals surface area (Å²) in [7, 11) is 0. The molecule has 11 heteroatoms. The second kappa shape index (κ2) is 14.1. The number of thioether (sulfide) groups is 1. The standard InChI is InChI=1S/C31H28N4O6S/c1-42-18-17-26(32)31(38)34-27-14-9-22(19-25(27)30(37)21-5-3-2-4-6-21)33-29(36)16-13-24-12-15-28(41-24)20-7-10-23(11-8-20)35(39)40/h2-16,19,26H,17-18,32H2,1H3,(H,33,36)(H,34,38)/b16-13+/t26-/m0/s1. The number of amides is 2. The molecule has 3 aromatic carbocycles. The number of non-ortho nitro benzene ring substituents is 1. The van der Waals surface area contributed by atoms with Crippen molar-refractivity contribution in [3.8, 4) is 11.3 Å². The van der Waals surface area contributed by atoms with Crippen LogP contribution in [0.2, 0.25) is 0 Å². The molecule has 0 aliphatic rings. The third-order valence-corrected chi connectivity index (χ3v) is 6.83. The Balaban J connectivity index is 1.49. The number of benzene rings is 3. The van der Waals surface area contributed by atoms with E-state index in [9.17, 15) is 24.5 Å². The number of nitrogens with zero attached hydrogens (tertiary/aromatic N) is 1. The maximum absolute atomic E-state index is 13.4. The van der Waals surface area contributed by atoms with Crippen molar-refractivity contribution in [3.05, 3.63) is 118 Å². The lowest BCUT2D eigenvalue weighted by Gasteiger charge is -2.16. The minimum absolute atomic E-state index is 0.0270. The highest BCUT2D eigenvalue weighted by Gasteiger charge is 2.19. The van der Waals surface area contributed by atoms with Gasteiger partial charge in [0.2, 0.25) is 11.8 Å². The van der Waals surface area contributed by atoms with Crippen LogP contribution in [0, 0.1) is 10.1 Å². The van der Waals surface area contributed by atoms with Crippen LogP contribution in [0.4, 0.5) is 17.1 Å². The number of carbonyl (C=O) groups is 3. The van der Waals surface area contributed by atoms with Crippen LogP contribution in [0.3, 0.4) is 0 Å². The van der Waals surface area contributed by atoms with Crippen LogP contribution < -0.4 is 16.4 Å². The zero-order valence-corrected chi connectivity index (χ0v) is 23.4. The first kappa shape index (κ1) is 30.0. The van der Waals surface area contributed by atoms with Gasteiger partial charge in [-0.05, 0) is 67.0 Å². The second-order valence-corrected chi connectivity index (χ2v) is 10.1. The SMILES string of the molecule is CSCC[C@H](N)C(=O)Nc1ccc(NC(=O)/C=C/c2ccc(-c3ccc([N+](=O)[O-])cc3)o2)cc1C(=O)c1ccccc1. The van der Waals surface area contributed by atoms with Gasteiger partial charge < -0.3 is 20.8 Å². The maximum atomic E-state index is 13.4. The Kier molecular flexibility index (Phi) is 10.0. The van der Waals surface area contributed by atoms with Gasteiger partial charge in [-0.3, -0.25) is 24.5 Å². The van der Waals surface area contributed by atoms with Crippen LogP contribution in [-0.2, 0) is 9.59 Å². The van der Waals surface area contributed by atoms with E-state index in [0.29, 0.717) is 34.8 Å². The third-order valence-electron chi connectivity index (χ3n) is 6.18. The highest BCUT2D eigenvalue weighted by atomic mass is 32.2. The van der Waals surface area contributed by atoms with Crippen LogP contribution in [0.25, 0.3) is 17.4 Å². The quantitative estimate of drug-likeness (QED) is 0.0821. The van der Waals surface area contributed by atoms with E-state index < -0.39 is 22.8 Å². The summed E-state index contributed by atoms with van der Waals surface area (Å²) in [6.45, 7) is 0. The lowest BCUT2D eigenvalue weighted by molar-refractivity contribution is -0.384. The van der Waals surface area contributed by atoms with E-state index in [-0.39, 0.29) is 22.7 Å². The fraction of sp³-hybridized carbons (Fsp3) is 0.129. The molecular formula is C31H28N4O6S. The van der Waals surface area contributed by atoms with Crippen LogP contribution in [-0.4, -0.2) is 40.6 Å². The van der Waals surface area contributed by atoms with Crippen LogP contribution in [0.1, 0.15) is 28.1 Å². The van der Waals surface area contributed by atoms with E-state index >= 15 is 0 Å². The van der Waals surface area contributed by atoms with Crippen molar-refractivity contribution in [2.24, 2.45) is 5.73 Å². The average Bonchev–Trinajstić information content (AvgIpc) is 3.49. The van der Waals surface area contributed by atoms with E-state index in [1.807, 2.05) is 6.26 Å². The molecule has 0 spiro atoms. The highest BCUT2D eigenvalue weighted by molar-refractivity contribution is 7.98. The van der Waals surface area contributed by atoms with Crippen molar-refractivity contribution in [2.45, 2.75) is 12.5 Å². The first-order valence-electron chi connectivity index (χ1n) is 12.9. The lowest BCUT2D eigenvalue weighted by Crippen LogP contribution is -2.36. The van der Waals surface area contributed by atoms with Gasteiger partial charge in [0.1, 0.15) is 11.5 Å². The van der Waals surface area contributed by atoms with Crippen molar-refractivity contribution in [1.82, 2.24) is 0 Å². The summed E-state index contributed by atoms with van der Waals surface area (Å²) in [5.74, 6) is 0.396. The first-order valence-corrected chi connectivity index (χ1v) is 14.3. The lowest BCUT2D eigenvalue weighted by atomic mass is 10.0. The molecule has 0 bridgehead atoms. The van der Waals surface area contributed by atoms with E-state index in [0.717, 1.165) is 5.75 Å². The molecule has 0 saturated heterocycles. The van der Waals surface area contributed by atoms with Gasteiger partial charge in [-0.1, -0.05) is 30.3 Å². The fourth-order valence-corrected chi connectivity index (χ4v) is 4.44. The zero-order valence-electron chi connectivity index (χ0n) is 22.6. The van der Waals surface area contributed by atoms with Gasteiger partial charge in [0.15, 0.2) is 5.78 Å². The van der Waals surface area contributed by atoms with Gasteiger partial charge in [0.25, 0.3) is 5.69 Å². The van der Waals surface area contributed by atoms with E-state index in [2.05, 4.69) is 10.6 Å². The Labute approximate surface area is 246 Å². The van der Waals surface area contributed by atoms with Crippen molar-refractivity contribution in [3.63, 3.8) is 0 Å². The van der Waals surface area contributed by atoms with Gasteiger partial charge >= 0.3 is 0 Å². The summed E-state index contributed by atoms with van der Waals surface area (Å²) in [5.41, 5.74) is 7.89. The molecule has 4 N–H and O–H groups in total. The summed E-state index contributed by atoms with van der Waals surface area (Å²) < 4.78 is 5.73. The number of rotatable bonds is 12. The Morgan fingerprint density at radius 2 is 1.74 bits per heavy atom. The molecule has 0 aliphatic heterocycles. The number of hydrogen-bond donors (Lipinski definition) is 3. The Bertz CT molecular complexity index is 1620. The average molecular weight is 585 g/mol. The molecular weight excluding hydrogens is 556 g/mol. The predicted molar refractivity (Wildman–Crippen MR) is 164 cm³/mol. The van der Waals surface area contributed by atoms with Crippen LogP contribution >= 0.6 is 11.8 Å². The van der Waals surface area contributed by atoms with Crippen molar-refractivity contribution >= 4 is 52.5 Å². The number of nitro benzene ring substituents is 1. The Morgan fingerprint density at radius 1 is 1.00 bits per heavy atom. The molecule has 214 valence electrons. The van der Waals surface area contributed by atoms with Gasteiger partial charge in [-0.2, -0.15) is 11.8 Å². The Morgan fingerprint density at radius 3 is 2.43 bits per heavy atom. The largest absolute Gasteiger partial charge is 0.457 e. The molecule has 2 amide bonds. The topological polar surface area (TPSA) is 158 Å². The van der Waals surface area contributed by atoms with E-state index in [1.54, 1.807) is 78.5 Å². The molecule has 0 saturated carbocycles. The normalized spacial score (nSPS) is 11.7. The summed E-state index contributed by atoms with van der Waals surface area (Å²) in [6.07, 6.45) is 5.17. The van der Waals surface area contributed by atoms with Crippen LogP contribution in [0.5, 0.6) is 0 Å². The monoisotopic (exact) mass is 584 g/mol. The van der Waals surface area contributed by atoms with Crippen molar-refractivity contribution < 1.29 is 23.7 Å². The van der Waals surface area contributed by atoms with Crippen LogP contribution in [0.15, 0.2) is 95.4 Å². The summed E-state index contributed by atoms with van der Waals surface area (Å²) >= 11 is 1.58. The second-order valence-electron chi connectivity index (χ2n) is 9.16. The predicted octanol–water partition coefficient (Wildman–Crippen LogP) is 5.76. The van der Waals surface area contributed by atoms with Crippen molar-refractivity contribution in [2.75, 3.05) is 22.6 Å². The number of anilines is 2. The van der Waals surface area contributed by atoms with E-state index in [4.69, 9.17) is 10.2 Å². The van der Waals surface area contributed by atoms with Gasteiger partial charge in [-0.25, -0.2) is 0 Å². The smallest absolute Gasteiger partial charge is 0.269 e. The summed E-state index contributed by atoms with van der Waals surface area (Å²) in [4.78, 5) is 49.1. The van der Waals surface area contributed by atoms with Crippen molar-refractivity contribution in [1.29, 1.82) is 0 Å². The molecule has 1 atom stereocenters. The number of carbonyl (C=O) groups excluding carboxylic acids is 3. The number of nitrogens with one attached hydrogen (secondary N) is 2. The summed E-state index contributed by atoms with van der Waals surface area (Å²) in [5, 5.41) is 16.3. The third kappa shape index (κ3) is 7.80. The molecule has 4 aromatic rings. The molecule has 42 heavy (non-hydrogen) atoms. The maximum Gasteiger partial charge on any atom is 0.269 e. The minimum Gasteiger partial charge on any atom is -0.457 e. The highest BCUT2D eigenvalue weighted by Crippen LogP contribution is 2.26. The number of furan rings is 1. The van der Waals surface area contributed by atoms with Gasteiger partial charge in [-0.15, -0.1) is 0 Å². The molecule has 1 aromatic heterocycles. The molecule has 1 heterocycles. The molecule has 10 nitrogen and oxygen atoms in total.